The van der Waals surface area contributed by atoms with Crippen molar-refractivity contribution < 1.29 is 5.11 Å². The van der Waals surface area contributed by atoms with Crippen LogP contribution in [0.2, 0.25) is 0 Å². The van der Waals surface area contributed by atoms with Gasteiger partial charge in [-0.05, 0) is 46.8 Å². The number of halogens is 1. The van der Waals surface area contributed by atoms with Crippen molar-refractivity contribution in [3.63, 3.8) is 0 Å². The van der Waals surface area contributed by atoms with Crippen LogP contribution in [-0.2, 0) is 6.42 Å². The number of hydrogen-bond donors (Lipinski definition) is 1. The molecule has 2 rings (SSSR count). The molecule has 1 aliphatic carbocycles. The van der Waals surface area contributed by atoms with E-state index in [1.54, 1.807) is 6.20 Å². The number of aliphatic hydroxyl groups is 1. The van der Waals surface area contributed by atoms with Crippen molar-refractivity contribution in [2.45, 2.75) is 44.6 Å². The lowest BCUT2D eigenvalue weighted by molar-refractivity contribution is 0.0203. The zero-order valence-corrected chi connectivity index (χ0v) is 11.2. The minimum Gasteiger partial charge on any atom is -0.390 e. The van der Waals surface area contributed by atoms with Gasteiger partial charge >= 0.3 is 0 Å². The molecular formula is C13H18BrNO. The molecule has 0 bridgehead atoms. The van der Waals surface area contributed by atoms with Crippen LogP contribution in [0, 0.1) is 5.92 Å². The quantitative estimate of drug-likeness (QED) is 0.920. The van der Waals surface area contributed by atoms with E-state index in [9.17, 15) is 5.11 Å². The van der Waals surface area contributed by atoms with E-state index in [1.165, 1.54) is 19.3 Å². The molecule has 16 heavy (non-hydrogen) atoms. The lowest BCUT2D eigenvalue weighted by Gasteiger charge is -2.33. The molecule has 0 saturated heterocycles. The molecule has 1 unspecified atom stereocenters. The SMILES string of the molecule is CC(O)(Cc1cncc(Br)c1)CC1CCC1. The second-order valence-corrected chi connectivity index (χ2v) is 6.10. The van der Waals surface area contributed by atoms with Crippen LogP contribution in [0.15, 0.2) is 22.9 Å². The molecule has 1 saturated carbocycles. The fourth-order valence-electron chi connectivity index (χ4n) is 2.38. The summed E-state index contributed by atoms with van der Waals surface area (Å²) < 4.78 is 0.976. The third kappa shape index (κ3) is 3.29. The van der Waals surface area contributed by atoms with Gasteiger partial charge in [0.2, 0.25) is 0 Å². The second-order valence-electron chi connectivity index (χ2n) is 5.19. The van der Waals surface area contributed by atoms with Gasteiger partial charge in [0.1, 0.15) is 0 Å². The summed E-state index contributed by atoms with van der Waals surface area (Å²) in [4.78, 5) is 4.12. The van der Waals surface area contributed by atoms with Gasteiger partial charge in [0, 0.05) is 23.3 Å². The van der Waals surface area contributed by atoms with Crippen LogP contribution in [0.4, 0.5) is 0 Å². The van der Waals surface area contributed by atoms with Gasteiger partial charge in [-0.1, -0.05) is 19.3 Å². The van der Waals surface area contributed by atoms with Crippen LogP contribution in [-0.4, -0.2) is 15.7 Å². The molecule has 0 aromatic carbocycles. The third-order valence-electron chi connectivity index (χ3n) is 3.30. The molecule has 0 spiro atoms. The summed E-state index contributed by atoms with van der Waals surface area (Å²) in [5.74, 6) is 0.732. The zero-order valence-electron chi connectivity index (χ0n) is 9.62. The predicted molar refractivity (Wildman–Crippen MR) is 68.2 cm³/mol. The normalized spacial score (nSPS) is 20.2. The number of aromatic nitrogens is 1. The Kier molecular flexibility index (Phi) is 3.65. The van der Waals surface area contributed by atoms with Gasteiger partial charge in [0.15, 0.2) is 0 Å². The fourth-order valence-corrected chi connectivity index (χ4v) is 2.80. The first-order valence-electron chi connectivity index (χ1n) is 5.87. The molecule has 1 aromatic heterocycles. The summed E-state index contributed by atoms with van der Waals surface area (Å²) in [6.07, 6.45) is 9.11. The summed E-state index contributed by atoms with van der Waals surface area (Å²) in [6.45, 7) is 1.94. The van der Waals surface area contributed by atoms with Crippen molar-refractivity contribution in [2.75, 3.05) is 0 Å². The van der Waals surface area contributed by atoms with Crippen molar-refractivity contribution >= 4 is 15.9 Å². The average Bonchev–Trinajstić information content (AvgIpc) is 2.11. The van der Waals surface area contributed by atoms with Crippen LogP contribution in [0.1, 0.15) is 38.2 Å². The van der Waals surface area contributed by atoms with E-state index < -0.39 is 5.60 Å². The van der Waals surface area contributed by atoms with E-state index in [0.29, 0.717) is 6.42 Å². The molecule has 1 aliphatic rings. The summed E-state index contributed by atoms with van der Waals surface area (Å²) in [6, 6.07) is 2.03. The molecule has 1 N–H and O–H groups in total. The molecule has 2 nitrogen and oxygen atoms in total. The van der Waals surface area contributed by atoms with Crippen molar-refractivity contribution in [3.05, 3.63) is 28.5 Å². The first kappa shape index (κ1) is 12.1. The molecular weight excluding hydrogens is 266 g/mol. The van der Waals surface area contributed by atoms with Crippen LogP contribution in [0.5, 0.6) is 0 Å². The lowest BCUT2D eigenvalue weighted by atomic mass is 9.76. The van der Waals surface area contributed by atoms with Crippen LogP contribution in [0.25, 0.3) is 0 Å². The minimum atomic E-state index is -0.590. The molecule has 1 atom stereocenters. The van der Waals surface area contributed by atoms with Crippen LogP contribution in [0.3, 0.4) is 0 Å². The van der Waals surface area contributed by atoms with Crippen molar-refractivity contribution in [3.8, 4) is 0 Å². The number of hydrogen-bond acceptors (Lipinski definition) is 2. The van der Waals surface area contributed by atoms with Crippen molar-refractivity contribution in [1.82, 2.24) is 4.98 Å². The first-order chi connectivity index (χ1) is 7.55. The third-order valence-corrected chi connectivity index (χ3v) is 3.73. The Morgan fingerprint density at radius 1 is 1.50 bits per heavy atom. The lowest BCUT2D eigenvalue weighted by Crippen LogP contribution is -2.32. The largest absolute Gasteiger partial charge is 0.390 e. The highest BCUT2D eigenvalue weighted by Crippen LogP contribution is 2.34. The summed E-state index contributed by atoms with van der Waals surface area (Å²) >= 11 is 3.40. The first-order valence-corrected chi connectivity index (χ1v) is 6.66. The molecule has 0 radical (unpaired) electrons. The van der Waals surface area contributed by atoms with Crippen molar-refractivity contribution in [1.29, 1.82) is 0 Å². The second kappa shape index (κ2) is 4.84. The van der Waals surface area contributed by atoms with Gasteiger partial charge in [0.25, 0.3) is 0 Å². The maximum absolute atomic E-state index is 10.4. The molecule has 1 aromatic rings. The van der Waals surface area contributed by atoms with Gasteiger partial charge in [-0.15, -0.1) is 0 Å². The topological polar surface area (TPSA) is 33.1 Å². The molecule has 0 amide bonds. The Bertz CT molecular complexity index is 361. The summed E-state index contributed by atoms with van der Waals surface area (Å²) in [5.41, 5.74) is 0.506. The highest BCUT2D eigenvalue weighted by molar-refractivity contribution is 9.10. The van der Waals surface area contributed by atoms with E-state index in [0.717, 1.165) is 22.4 Å². The Labute approximate surface area is 105 Å². The number of rotatable bonds is 4. The average molecular weight is 284 g/mol. The fraction of sp³-hybridized carbons (Fsp3) is 0.615. The van der Waals surface area contributed by atoms with E-state index in [1.807, 2.05) is 19.2 Å². The Hall–Kier alpha value is -0.410. The highest BCUT2D eigenvalue weighted by Gasteiger charge is 2.29. The van der Waals surface area contributed by atoms with Gasteiger partial charge in [-0.2, -0.15) is 0 Å². The van der Waals surface area contributed by atoms with Crippen LogP contribution < -0.4 is 0 Å². The van der Waals surface area contributed by atoms with Crippen molar-refractivity contribution in [2.24, 2.45) is 5.92 Å². The molecule has 0 aliphatic heterocycles. The minimum absolute atomic E-state index is 0.590. The Morgan fingerprint density at radius 3 is 2.81 bits per heavy atom. The van der Waals surface area contributed by atoms with E-state index in [-0.39, 0.29) is 0 Å². The van der Waals surface area contributed by atoms with Gasteiger partial charge < -0.3 is 5.11 Å². The Balaban J connectivity index is 1.96. The van der Waals surface area contributed by atoms with Gasteiger partial charge in [-0.3, -0.25) is 4.98 Å². The standard InChI is InChI=1S/C13H18BrNO/c1-13(16,6-10-3-2-4-10)7-11-5-12(14)9-15-8-11/h5,8-10,16H,2-4,6-7H2,1H3. The maximum atomic E-state index is 10.4. The molecule has 3 heteroatoms. The maximum Gasteiger partial charge on any atom is 0.0663 e. The van der Waals surface area contributed by atoms with E-state index >= 15 is 0 Å². The van der Waals surface area contributed by atoms with Gasteiger partial charge in [0.05, 0.1) is 5.60 Å². The highest BCUT2D eigenvalue weighted by atomic mass is 79.9. The number of pyridine rings is 1. The Morgan fingerprint density at radius 2 is 2.25 bits per heavy atom. The molecule has 1 fully saturated rings. The molecule has 88 valence electrons. The summed E-state index contributed by atoms with van der Waals surface area (Å²) in [7, 11) is 0. The van der Waals surface area contributed by atoms with Crippen LogP contribution >= 0.6 is 15.9 Å². The van der Waals surface area contributed by atoms with E-state index in [4.69, 9.17) is 0 Å². The predicted octanol–water partition coefficient (Wildman–Crippen LogP) is 3.33. The smallest absolute Gasteiger partial charge is 0.0663 e. The zero-order chi connectivity index (χ0) is 11.6. The van der Waals surface area contributed by atoms with E-state index in [2.05, 4.69) is 20.9 Å². The monoisotopic (exact) mass is 283 g/mol. The molecule has 1 heterocycles. The van der Waals surface area contributed by atoms with Gasteiger partial charge in [-0.25, -0.2) is 0 Å². The summed E-state index contributed by atoms with van der Waals surface area (Å²) in [5, 5.41) is 10.4. The number of nitrogens with zero attached hydrogens (tertiary/aromatic N) is 1.